The first-order chi connectivity index (χ1) is 4.41. The van der Waals surface area contributed by atoms with Gasteiger partial charge in [-0.2, -0.15) is 13.2 Å². The molecule has 0 aliphatic rings. The molecule has 0 saturated heterocycles. The first-order valence-electron chi connectivity index (χ1n) is 2.07. The molecule has 0 rings (SSSR count). The van der Waals surface area contributed by atoms with Crippen LogP contribution < -0.4 is 0 Å². The van der Waals surface area contributed by atoms with Crippen LogP contribution in [0, 0.1) is 0 Å². The van der Waals surface area contributed by atoms with Crippen LogP contribution in [-0.2, 0) is 0 Å². The third kappa shape index (κ3) is 2.13. The molecule has 0 radical (unpaired) electrons. The van der Waals surface area contributed by atoms with Crippen LogP contribution in [0.2, 0.25) is 0 Å². The molecule has 60 valence electrons. The molecule has 0 saturated carbocycles. The van der Waals surface area contributed by atoms with Crippen molar-refractivity contribution in [1.82, 2.24) is 0 Å². The van der Waals surface area contributed by atoms with Gasteiger partial charge in [0.05, 0.1) is 0 Å². The second-order valence-electron chi connectivity index (χ2n) is 1.41. The van der Waals surface area contributed by atoms with E-state index in [0.29, 0.717) is 0 Å². The van der Waals surface area contributed by atoms with Gasteiger partial charge in [0.25, 0.3) is 0 Å². The Morgan fingerprint density at radius 2 is 1.70 bits per heavy atom. The van der Waals surface area contributed by atoms with Crippen LogP contribution >= 0.6 is 11.6 Å². The highest BCUT2D eigenvalue weighted by atomic mass is 35.5. The van der Waals surface area contributed by atoms with E-state index >= 15 is 0 Å². The third-order valence-electron chi connectivity index (χ3n) is 0.655. The first-order valence-corrected chi connectivity index (χ1v) is 2.44. The van der Waals surface area contributed by atoms with Gasteiger partial charge < -0.3 is 0 Å². The fraction of sp³-hybridized carbons (Fsp3) is 0.500. The summed E-state index contributed by atoms with van der Waals surface area (Å²) in [6, 6.07) is 0. The fourth-order valence-electron chi connectivity index (χ4n) is 0.197. The molecule has 0 bridgehead atoms. The maximum Gasteiger partial charge on any atom is 0.330 e. The fourth-order valence-corrected chi connectivity index (χ4v) is 0.335. The van der Waals surface area contributed by atoms with E-state index in [2.05, 4.69) is 11.6 Å². The molecule has 0 aromatic heterocycles. The molecule has 0 N–H and O–H groups in total. The minimum atomic E-state index is -4.44. The normalized spacial score (nSPS) is 15.0. The maximum atomic E-state index is 11.7. The molecule has 0 amide bonds. The van der Waals surface area contributed by atoms with Crippen LogP contribution in [0.3, 0.4) is 0 Å². The van der Waals surface area contributed by atoms with E-state index in [4.69, 9.17) is 0 Å². The number of hydrogen-bond acceptors (Lipinski definition) is 0. The highest BCUT2D eigenvalue weighted by molar-refractivity contribution is 6.28. The minimum absolute atomic E-state index is 2.22. The van der Waals surface area contributed by atoms with Crippen LogP contribution in [-0.4, -0.2) is 12.6 Å². The molecule has 0 nitrogen and oxygen atoms in total. The second kappa shape index (κ2) is 3.18. The Morgan fingerprint density at radius 3 is 1.80 bits per heavy atom. The predicted octanol–water partition coefficient (Wildman–Crippen LogP) is 2.94. The van der Waals surface area contributed by atoms with Crippen LogP contribution in [0.4, 0.5) is 22.0 Å². The van der Waals surface area contributed by atoms with Gasteiger partial charge >= 0.3 is 5.92 Å². The van der Waals surface area contributed by atoms with Crippen molar-refractivity contribution in [3.63, 3.8) is 0 Å². The molecule has 0 aromatic rings. The lowest BCUT2D eigenvalue weighted by molar-refractivity contribution is -0.00758. The highest BCUT2D eigenvalue weighted by Crippen LogP contribution is 2.30. The second-order valence-corrected chi connectivity index (χ2v) is 1.74. The van der Waals surface area contributed by atoms with Crippen molar-refractivity contribution in [2.24, 2.45) is 0 Å². The van der Waals surface area contributed by atoms with E-state index in [1.165, 1.54) is 0 Å². The highest BCUT2D eigenvalue weighted by Gasteiger charge is 2.38. The SMILES string of the molecule is FCC(F)(F)/C(F)=C(\F)Cl. The number of alkyl halides is 3. The van der Waals surface area contributed by atoms with Crippen molar-refractivity contribution >= 4 is 11.6 Å². The Balaban J connectivity index is 4.49. The Bertz CT molecular complexity index is 148. The van der Waals surface area contributed by atoms with E-state index in [1.54, 1.807) is 0 Å². The van der Waals surface area contributed by atoms with E-state index < -0.39 is 23.7 Å². The summed E-state index contributed by atoms with van der Waals surface area (Å²) in [4.78, 5) is 0. The summed E-state index contributed by atoms with van der Waals surface area (Å²) in [6.07, 6.45) is 0. The Labute approximate surface area is 58.3 Å². The average Bonchev–Trinajstić information content (AvgIpc) is 1.86. The maximum absolute atomic E-state index is 11.7. The first kappa shape index (κ1) is 9.68. The zero-order chi connectivity index (χ0) is 8.36. The lowest BCUT2D eigenvalue weighted by Gasteiger charge is -2.07. The molecule has 0 unspecified atom stereocenters. The van der Waals surface area contributed by atoms with Crippen LogP contribution in [0.5, 0.6) is 0 Å². The summed E-state index contributed by atoms with van der Waals surface area (Å²) in [6.45, 7) is -2.31. The van der Waals surface area contributed by atoms with Gasteiger partial charge in [-0.05, 0) is 11.6 Å². The molecule has 0 fully saturated rings. The van der Waals surface area contributed by atoms with Crippen LogP contribution in [0.25, 0.3) is 0 Å². The van der Waals surface area contributed by atoms with Gasteiger partial charge in [0.15, 0.2) is 6.67 Å². The molecular weight excluding hydrogens is 178 g/mol. The Morgan fingerprint density at radius 1 is 1.30 bits per heavy atom. The third-order valence-corrected chi connectivity index (χ3v) is 0.821. The summed E-state index contributed by atoms with van der Waals surface area (Å²) < 4.78 is 57.5. The van der Waals surface area contributed by atoms with Crippen molar-refractivity contribution in [1.29, 1.82) is 0 Å². The zero-order valence-electron chi connectivity index (χ0n) is 4.47. The Hall–Kier alpha value is -0.320. The largest absolute Gasteiger partial charge is 0.330 e. The van der Waals surface area contributed by atoms with Gasteiger partial charge in [0, 0.05) is 0 Å². The molecule has 0 aliphatic carbocycles. The van der Waals surface area contributed by atoms with Crippen LogP contribution in [0.15, 0.2) is 11.1 Å². The van der Waals surface area contributed by atoms with Gasteiger partial charge in [-0.3, -0.25) is 0 Å². The van der Waals surface area contributed by atoms with Crippen molar-refractivity contribution in [2.75, 3.05) is 6.67 Å². The lowest BCUT2D eigenvalue weighted by Crippen LogP contribution is -2.19. The molecule has 0 atom stereocenters. The van der Waals surface area contributed by atoms with Gasteiger partial charge in [0.1, 0.15) is 0 Å². The monoisotopic (exact) mass is 180 g/mol. The number of halogens is 6. The summed E-state index contributed by atoms with van der Waals surface area (Å²) in [5, 5.41) is -2.22. The van der Waals surface area contributed by atoms with Gasteiger partial charge in [0.2, 0.25) is 11.1 Å². The summed E-state index contributed by atoms with van der Waals surface area (Å²) in [5.41, 5.74) is 0. The summed E-state index contributed by atoms with van der Waals surface area (Å²) >= 11 is 4.18. The minimum Gasteiger partial charge on any atom is -0.244 e. The van der Waals surface area contributed by atoms with Gasteiger partial charge in [-0.25, -0.2) is 8.78 Å². The van der Waals surface area contributed by atoms with Crippen molar-refractivity contribution in [2.45, 2.75) is 5.92 Å². The molecular formula is C4H2ClF5. The number of hydrogen-bond donors (Lipinski definition) is 0. The topological polar surface area (TPSA) is 0 Å². The van der Waals surface area contributed by atoms with E-state index in [0.717, 1.165) is 0 Å². The molecule has 6 heteroatoms. The van der Waals surface area contributed by atoms with Gasteiger partial charge in [-0.1, -0.05) is 0 Å². The summed E-state index contributed by atoms with van der Waals surface area (Å²) in [7, 11) is 0. The van der Waals surface area contributed by atoms with E-state index in [1.807, 2.05) is 0 Å². The Kier molecular flexibility index (Phi) is 3.08. The molecule has 10 heavy (non-hydrogen) atoms. The van der Waals surface area contributed by atoms with Crippen molar-refractivity contribution < 1.29 is 22.0 Å². The predicted molar refractivity (Wildman–Crippen MR) is 26.0 cm³/mol. The molecule has 0 spiro atoms. The molecule has 0 aromatic carbocycles. The lowest BCUT2D eigenvalue weighted by atomic mass is 10.3. The molecule has 0 aliphatic heterocycles. The number of rotatable bonds is 2. The van der Waals surface area contributed by atoms with E-state index in [-0.39, 0.29) is 0 Å². The quantitative estimate of drug-likeness (QED) is 0.573. The van der Waals surface area contributed by atoms with Gasteiger partial charge in [-0.15, -0.1) is 0 Å². The molecule has 0 heterocycles. The zero-order valence-corrected chi connectivity index (χ0v) is 5.23. The van der Waals surface area contributed by atoms with Crippen LogP contribution in [0.1, 0.15) is 0 Å². The number of allylic oxidation sites excluding steroid dienone is 1. The average molecular weight is 181 g/mol. The smallest absolute Gasteiger partial charge is 0.244 e. The standard InChI is InChI=1S/C4H2ClF5/c5-3(8)2(7)4(9,10)1-6/h1H2/b3-2+. The summed E-state index contributed by atoms with van der Waals surface area (Å²) in [5.74, 6) is -7.01. The van der Waals surface area contributed by atoms with E-state index in [9.17, 15) is 22.0 Å². The van der Waals surface area contributed by atoms with Crippen molar-refractivity contribution in [3.05, 3.63) is 11.1 Å². The van der Waals surface area contributed by atoms with Crippen molar-refractivity contribution in [3.8, 4) is 0 Å².